The number of carbonyl (C=O) groups excluding carboxylic acids is 1. The summed E-state index contributed by atoms with van der Waals surface area (Å²) in [6, 6.07) is 9.81. The summed E-state index contributed by atoms with van der Waals surface area (Å²) in [6.07, 6.45) is 6.84. The zero-order valence-corrected chi connectivity index (χ0v) is 18.2. The number of rotatable bonds is 7. The average Bonchev–Trinajstić information content (AvgIpc) is 3.27. The van der Waals surface area contributed by atoms with E-state index in [-0.39, 0.29) is 24.1 Å². The number of nitrogens with zero attached hydrogens (tertiary/aromatic N) is 2. The first kappa shape index (κ1) is 21.2. The third-order valence-corrected chi connectivity index (χ3v) is 5.90. The van der Waals surface area contributed by atoms with Gasteiger partial charge in [-0.3, -0.25) is 14.6 Å². The topological polar surface area (TPSA) is 75.3 Å². The van der Waals surface area contributed by atoms with Gasteiger partial charge in [0.1, 0.15) is 0 Å². The Morgan fingerprint density at radius 3 is 2.87 bits per heavy atom. The minimum atomic E-state index is -0.152. The normalized spacial score (nSPS) is 16.0. The maximum absolute atomic E-state index is 13.1. The molecule has 1 aromatic carbocycles. The molecule has 1 saturated heterocycles. The molecule has 0 bridgehead atoms. The molecule has 31 heavy (non-hydrogen) atoms. The van der Waals surface area contributed by atoms with Crippen LogP contribution in [0.5, 0.6) is 0 Å². The monoisotopic (exact) mass is 419 g/mol. The molecule has 1 atom stereocenters. The molecule has 162 valence electrons. The van der Waals surface area contributed by atoms with E-state index >= 15 is 0 Å². The SMILES string of the molecule is Cc1cc(C)c2cc(CN(Cc3cccnc3)C(=O)CC[C@H]3CCCO3)c(=O)[nH]c2c1. The van der Waals surface area contributed by atoms with Gasteiger partial charge in [-0.1, -0.05) is 12.1 Å². The van der Waals surface area contributed by atoms with Gasteiger partial charge in [-0.2, -0.15) is 0 Å². The molecule has 0 spiro atoms. The highest BCUT2D eigenvalue weighted by Gasteiger charge is 2.21. The van der Waals surface area contributed by atoms with Gasteiger partial charge in [0.05, 0.1) is 12.6 Å². The van der Waals surface area contributed by atoms with Gasteiger partial charge in [0.25, 0.3) is 5.56 Å². The maximum atomic E-state index is 13.1. The van der Waals surface area contributed by atoms with Crippen LogP contribution in [0.25, 0.3) is 10.9 Å². The van der Waals surface area contributed by atoms with Crippen LogP contribution in [0.15, 0.2) is 47.5 Å². The summed E-state index contributed by atoms with van der Waals surface area (Å²) in [4.78, 5) is 34.9. The Morgan fingerprint density at radius 1 is 1.26 bits per heavy atom. The smallest absolute Gasteiger partial charge is 0.253 e. The minimum Gasteiger partial charge on any atom is -0.378 e. The fourth-order valence-corrected chi connectivity index (χ4v) is 4.30. The van der Waals surface area contributed by atoms with Crippen LogP contribution in [0.3, 0.4) is 0 Å². The average molecular weight is 420 g/mol. The molecule has 0 unspecified atom stereocenters. The number of hydrogen-bond donors (Lipinski definition) is 1. The van der Waals surface area contributed by atoms with Crippen LogP contribution < -0.4 is 5.56 Å². The summed E-state index contributed by atoms with van der Waals surface area (Å²) in [7, 11) is 0. The van der Waals surface area contributed by atoms with Crippen LogP contribution >= 0.6 is 0 Å². The van der Waals surface area contributed by atoms with Gasteiger partial charge < -0.3 is 14.6 Å². The molecule has 1 aliphatic heterocycles. The van der Waals surface area contributed by atoms with Gasteiger partial charge in [0, 0.05) is 48.4 Å². The molecule has 1 N–H and O–H groups in total. The summed E-state index contributed by atoms with van der Waals surface area (Å²) in [5, 5.41) is 1.01. The third-order valence-electron chi connectivity index (χ3n) is 5.90. The molecule has 3 heterocycles. The summed E-state index contributed by atoms with van der Waals surface area (Å²) in [6.45, 7) is 5.52. The molecule has 1 amide bonds. The summed E-state index contributed by atoms with van der Waals surface area (Å²) >= 11 is 0. The van der Waals surface area contributed by atoms with Gasteiger partial charge in [-0.15, -0.1) is 0 Å². The Balaban J connectivity index is 1.59. The number of carbonyl (C=O) groups is 1. The van der Waals surface area contributed by atoms with Gasteiger partial charge in [-0.25, -0.2) is 0 Å². The maximum Gasteiger partial charge on any atom is 0.253 e. The van der Waals surface area contributed by atoms with Gasteiger partial charge >= 0.3 is 0 Å². The fraction of sp³-hybridized carbons (Fsp3) is 0.400. The van der Waals surface area contributed by atoms with Crippen molar-refractivity contribution in [2.75, 3.05) is 6.61 Å². The van der Waals surface area contributed by atoms with Crippen LogP contribution in [-0.2, 0) is 22.6 Å². The number of aryl methyl sites for hydroxylation is 2. The first-order valence-corrected chi connectivity index (χ1v) is 10.9. The summed E-state index contributed by atoms with van der Waals surface area (Å²) in [5.41, 5.74) is 4.42. The second kappa shape index (κ2) is 9.43. The Kier molecular flexibility index (Phi) is 6.47. The number of nitrogens with one attached hydrogen (secondary N) is 1. The second-order valence-corrected chi connectivity index (χ2v) is 8.45. The molecule has 1 aliphatic rings. The number of amides is 1. The molecule has 0 saturated carbocycles. The van der Waals surface area contributed by atoms with Crippen LogP contribution in [0, 0.1) is 13.8 Å². The fourth-order valence-electron chi connectivity index (χ4n) is 4.30. The van der Waals surface area contributed by atoms with Crippen molar-refractivity contribution in [2.45, 2.75) is 58.7 Å². The van der Waals surface area contributed by atoms with Crippen molar-refractivity contribution in [3.8, 4) is 0 Å². The zero-order chi connectivity index (χ0) is 21.8. The molecule has 6 heteroatoms. The van der Waals surface area contributed by atoms with E-state index in [4.69, 9.17) is 4.74 Å². The lowest BCUT2D eigenvalue weighted by molar-refractivity contribution is -0.133. The van der Waals surface area contributed by atoms with E-state index in [9.17, 15) is 9.59 Å². The highest BCUT2D eigenvalue weighted by molar-refractivity contribution is 5.83. The molecule has 0 aliphatic carbocycles. The molecule has 2 aromatic heterocycles. The van der Waals surface area contributed by atoms with E-state index in [0.29, 0.717) is 18.5 Å². The van der Waals surface area contributed by atoms with Crippen LogP contribution in [0.1, 0.15) is 47.9 Å². The molecular formula is C25H29N3O3. The van der Waals surface area contributed by atoms with E-state index in [0.717, 1.165) is 53.5 Å². The predicted octanol–water partition coefficient (Wildman–Crippen LogP) is 4.03. The van der Waals surface area contributed by atoms with Crippen molar-refractivity contribution >= 4 is 16.8 Å². The molecule has 1 fully saturated rings. The summed E-state index contributed by atoms with van der Waals surface area (Å²) < 4.78 is 5.67. The van der Waals surface area contributed by atoms with Crippen molar-refractivity contribution in [3.63, 3.8) is 0 Å². The second-order valence-electron chi connectivity index (χ2n) is 8.45. The number of hydrogen-bond acceptors (Lipinski definition) is 4. The lowest BCUT2D eigenvalue weighted by Crippen LogP contribution is -2.33. The van der Waals surface area contributed by atoms with Crippen LogP contribution in [0.4, 0.5) is 0 Å². The lowest BCUT2D eigenvalue weighted by atomic mass is 10.0. The van der Waals surface area contributed by atoms with Gasteiger partial charge in [-0.05, 0) is 68.0 Å². The summed E-state index contributed by atoms with van der Waals surface area (Å²) in [5.74, 6) is 0.0273. The van der Waals surface area contributed by atoms with Crippen molar-refractivity contribution in [1.29, 1.82) is 0 Å². The van der Waals surface area contributed by atoms with Crippen LogP contribution in [0.2, 0.25) is 0 Å². The van der Waals surface area contributed by atoms with E-state index in [1.54, 1.807) is 17.3 Å². The van der Waals surface area contributed by atoms with Crippen molar-refractivity contribution in [2.24, 2.45) is 0 Å². The van der Waals surface area contributed by atoms with Crippen molar-refractivity contribution in [1.82, 2.24) is 14.9 Å². The number of fused-ring (bicyclic) bond motifs is 1. The molecule has 6 nitrogen and oxygen atoms in total. The highest BCUT2D eigenvalue weighted by atomic mass is 16.5. The van der Waals surface area contributed by atoms with Gasteiger partial charge in [0.2, 0.25) is 5.91 Å². The number of ether oxygens (including phenoxy) is 1. The Hall–Kier alpha value is -2.99. The number of aromatic nitrogens is 2. The largest absolute Gasteiger partial charge is 0.378 e. The third kappa shape index (κ3) is 5.20. The number of H-pyrrole nitrogens is 1. The first-order chi connectivity index (χ1) is 15.0. The molecular weight excluding hydrogens is 390 g/mol. The Bertz CT molecular complexity index is 1120. The first-order valence-electron chi connectivity index (χ1n) is 10.9. The van der Waals surface area contributed by atoms with Crippen molar-refractivity contribution in [3.05, 3.63) is 75.3 Å². The van der Waals surface area contributed by atoms with E-state index in [1.165, 1.54) is 0 Å². The highest BCUT2D eigenvalue weighted by Crippen LogP contribution is 2.21. The number of benzene rings is 1. The molecule has 3 aromatic rings. The van der Waals surface area contributed by atoms with Gasteiger partial charge in [0.15, 0.2) is 0 Å². The van der Waals surface area contributed by atoms with E-state index in [1.807, 2.05) is 38.1 Å². The predicted molar refractivity (Wildman–Crippen MR) is 121 cm³/mol. The van der Waals surface area contributed by atoms with Crippen molar-refractivity contribution < 1.29 is 9.53 Å². The zero-order valence-electron chi connectivity index (χ0n) is 18.2. The number of pyridine rings is 2. The molecule has 0 radical (unpaired) electrons. The Labute approximate surface area is 182 Å². The van der Waals surface area contributed by atoms with Crippen LogP contribution in [-0.4, -0.2) is 33.5 Å². The minimum absolute atomic E-state index is 0.0273. The van der Waals surface area contributed by atoms with E-state index in [2.05, 4.69) is 16.0 Å². The Morgan fingerprint density at radius 2 is 2.13 bits per heavy atom. The quantitative estimate of drug-likeness (QED) is 0.627. The molecule has 4 rings (SSSR count). The number of aromatic amines is 1. The lowest BCUT2D eigenvalue weighted by Gasteiger charge is -2.23. The standard InChI is InChI=1S/C25H29N3O3/c1-17-11-18(2)22-13-20(25(30)27-23(22)12-17)16-28(15-19-5-3-9-26-14-19)24(29)8-7-21-6-4-10-31-21/h3,5,9,11-14,21H,4,6-8,10,15-16H2,1-2H3,(H,27,30)/t21-/m1/s1. The van der Waals surface area contributed by atoms with E-state index < -0.39 is 0 Å².